The summed E-state index contributed by atoms with van der Waals surface area (Å²) in [5.74, 6) is 2.30. The molecule has 0 bridgehead atoms. The first-order chi connectivity index (χ1) is 16.0. The van der Waals surface area contributed by atoms with Crippen LogP contribution in [0.25, 0.3) is 0 Å². The minimum absolute atomic E-state index is 0.0498. The van der Waals surface area contributed by atoms with Crippen molar-refractivity contribution in [2.24, 2.45) is 5.92 Å². The van der Waals surface area contributed by atoms with Crippen LogP contribution in [-0.4, -0.2) is 29.0 Å². The molecule has 0 aliphatic carbocycles. The third-order valence-electron chi connectivity index (χ3n) is 6.00. The topological polar surface area (TPSA) is 58.1 Å². The first-order valence-electron chi connectivity index (χ1n) is 11.3. The molecule has 0 spiro atoms. The van der Waals surface area contributed by atoms with E-state index in [0.29, 0.717) is 21.6 Å². The van der Waals surface area contributed by atoms with Crippen LogP contribution >= 0.6 is 23.4 Å². The van der Waals surface area contributed by atoms with Crippen LogP contribution in [0.4, 0.5) is 5.82 Å². The first kappa shape index (κ1) is 23.6. The van der Waals surface area contributed by atoms with Crippen molar-refractivity contribution in [2.45, 2.75) is 43.6 Å². The summed E-state index contributed by atoms with van der Waals surface area (Å²) in [7, 11) is 0. The summed E-state index contributed by atoms with van der Waals surface area (Å²) in [5, 5.41) is 4.20. The first-order valence-corrected chi connectivity index (χ1v) is 12.7. The number of carbonyl (C=O) groups excluding carboxylic acids is 1. The zero-order chi connectivity index (χ0) is 23.2. The lowest BCUT2D eigenvalue weighted by atomic mass is 9.99. The molecule has 1 N–H and O–H groups in total. The minimum atomic E-state index is -0.0794. The van der Waals surface area contributed by atoms with Crippen LogP contribution in [0.5, 0.6) is 0 Å². The van der Waals surface area contributed by atoms with Gasteiger partial charge >= 0.3 is 0 Å². The molecule has 172 valence electrons. The van der Waals surface area contributed by atoms with E-state index in [0.717, 1.165) is 36.0 Å². The van der Waals surface area contributed by atoms with E-state index in [-0.39, 0.29) is 11.9 Å². The van der Waals surface area contributed by atoms with Gasteiger partial charge in [0.2, 0.25) is 0 Å². The number of halogens is 1. The fourth-order valence-corrected chi connectivity index (χ4v) is 4.89. The Hall–Kier alpha value is -2.57. The standard InChI is InChI=1S/C26H29ClN4OS/c1-18-12-14-31(15-13-18)24-16-23(27)29-26(30-24)33-17-20-8-10-22(11-9-20)25(32)28-19(2)21-6-4-3-5-7-21/h3-11,16,18-19H,12-15,17H2,1-2H3,(H,28,32). The number of hydrogen-bond acceptors (Lipinski definition) is 5. The largest absolute Gasteiger partial charge is 0.356 e. The molecule has 0 saturated carbocycles. The number of rotatable bonds is 7. The number of carbonyl (C=O) groups is 1. The molecule has 33 heavy (non-hydrogen) atoms. The van der Waals surface area contributed by atoms with Crippen molar-refractivity contribution in [3.8, 4) is 0 Å². The predicted molar refractivity (Wildman–Crippen MR) is 136 cm³/mol. The van der Waals surface area contributed by atoms with Gasteiger partial charge in [0.25, 0.3) is 5.91 Å². The molecule has 3 aromatic rings. The van der Waals surface area contributed by atoms with E-state index in [9.17, 15) is 4.79 Å². The van der Waals surface area contributed by atoms with Crippen LogP contribution in [0.1, 0.15) is 54.2 Å². The van der Waals surface area contributed by atoms with Gasteiger partial charge in [-0.25, -0.2) is 9.97 Å². The molecule has 7 heteroatoms. The van der Waals surface area contributed by atoms with Crippen LogP contribution in [0.3, 0.4) is 0 Å². The summed E-state index contributed by atoms with van der Waals surface area (Å²) >= 11 is 7.84. The van der Waals surface area contributed by atoms with Gasteiger partial charge in [-0.1, -0.05) is 72.8 Å². The van der Waals surface area contributed by atoms with E-state index in [1.165, 1.54) is 12.8 Å². The average molecular weight is 481 g/mol. The van der Waals surface area contributed by atoms with Gasteiger partial charge in [0.05, 0.1) is 6.04 Å². The third kappa shape index (κ3) is 6.49. The normalized spacial score (nSPS) is 15.3. The Morgan fingerprint density at radius 2 is 1.82 bits per heavy atom. The lowest BCUT2D eigenvalue weighted by Gasteiger charge is -2.31. The molecule has 5 nitrogen and oxygen atoms in total. The lowest BCUT2D eigenvalue weighted by molar-refractivity contribution is 0.0940. The Morgan fingerprint density at radius 3 is 2.52 bits per heavy atom. The van der Waals surface area contributed by atoms with Gasteiger partial charge in [0, 0.05) is 30.5 Å². The molecule has 0 radical (unpaired) electrons. The van der Waals surface area contributed by atoms with Gasteiger partial charge in [-0.3, -0.25) is 4.79 Å². The number of piperidine rings is 1. The molecule has 1 atom stereocenters. The summed E-state index contributed by atoms with van der Waals surface area (Å²) in [6.07, 6.45) is 2.35. The second-order valence-electron chi connectivity index (χ2n) is 8.59. The van der Waals surface area contributed by atoms with E-state index in [2.05, 4.69) is 22.1 Å². The highest BCUT2D eigenvalue weighted by atomic mass is 35.5. The summed E-state index contributed by atoms with van der Waals surface area (Å²) in [6, 6.07) is 19.4. The molecule has 1 aliphatic rings. The summed E-state index contributed by atoms with van der Waals surface area (Å²) in [6.45, 7) is 6.29. The SMILES string of the molecule is CC1CCN(c2cc(Cl)nc(SCc3ccc(C(=O)NC(C)c4ccccc4)cc3)n2)CC1. The van der Waals surface area contributed by atoms with E-state index >= 15 is 0 Å². The molecule has 1 fully saturated rings. The Morgan fingerprint density at radius 1 is 1.12 bits per heavy atom. The monoisotopic (exact) mass is 480 g/mol. The number of nitrogens with one attached hydrogen (secondary N) is 1. The molecule has 2 heterocycles. The van der Waals surface area contributed by atoms with E-state index in [1.54, 1.807) is 11.8 Å². The second kappa shape index (κ2) is 11.0. The minimum Gasteiger partial charge on any atom is -0.356 e. The van der Waals surface area contributed by atoms with Crippen molar-refractivity contribution in [3.63, 3.8) is 0 Å². The highest BCUT2D eigenvalue weighted by Crippen LogP contribution is 2.27. The Balaban J connectivity index is 1.34. The molecular formula is C26H29ClN4OS. The lowest BCUT2D eigenvalue weighted by Crippen LogP contribution is -2.33. The molecule has 1 aromatic heterocycles. The maximum absolute atomic E-state index is 12.6. The van der Waals surface area contributed by atoms with E-state index in [4.69, 9.17) is 16.6 Å². The predicted octanol–water partition coefficient (Wildman–Crippen LogP) is 6.15. The van der Waals surface area contributed by atoms with Crippen molar-refractivity contribution in [1.82, 2.24) is 15.3 Å². The smallest absolute Gasteiger partial charge is 0.251 e. The molecule has 1 saturated heterocycles. The Bertz CT molecular complexity index is 1070. The van der Waals surface area contributed by atoms with E-state index < -0.39 is 0 Å². The molecule has 4 rings (SSSR count). The zero-order valence-corrected chi connectivity index (χ0v) is 20.6. The number of benzene rings is 2. The average Bonchev–Trinajstić information content (AvgIpc) is 2.83. The van der Waals surface area contributed by atoms with Crippen molar-refractivity contribution >= 4 is 35.1 Å². The molecule has 1 amide bonds. The van der Waals surface area contributed by atoms with Gasteiger partial charge in [-0.15, -0.1) is 0 Å². The van der Waals surface area contributed by atoms with Crippen molar-refractivity contribution in [3.05, 3.63) is 82.5 Å². The molecular weight excluding hydrogens is 452 g/mol. The number of aromatic nitrogens is 2. The number of thioether (sulfide) groups is 1. The van der Waals surface area contributed by atoms with Crippen molar-refractivity contribution < 1.29 is 4.79 Å². The maximum atomic E-state index is 12.6. The maximum Gasteiger partial charge on any atom is 0.251 e. The highest BCUT2D eigenvalue weighted by molar-refractivity contribution is 7.98. The van der Waals surface area contributed by atoms with Gasteiger partial charge in [0.15, 0.2) is 5.16 Å². The summed E-state index contributed by atoms with van der Waals surface area (Å²) < 4.78 is 0. The summed E-state index contributed by atoms with van der Waals surface area (Å²) in [5.41, 5.74) is 2.83. The van der Waals surface area contributed by atoms with Gasteiger partial charge in [-0.2, -0.15) is 0 Å². The van der Waals surface area contributed by atoms with Crippen LogP contribution in [0.15, 0.2) is 65.8 Å². The van der Waals surface area contributed by atoms with E-state index in [1.807, 2.05) is 67.6 Å². The third-order valence-corrected chi connectivity index (χ3v) is 7.11. The second-order valence-corrected chi connectivity index (χ2v) is 9.92. The highest BCUT2D eigenvalue weighted by Gasteiger charge is 2.18. The molecule has 1 unspecified atom stereocenters. The Kier molecular flexibility index (Phi) is 7.89. The zero-order valence-electron chi connectivity index (χ0n) is 19.0. The number of hydrogen-bond donors (Lipinski definition) is 1. The van der Waals surface area contributed by atoms with Gasteiger partial charge in [-0.05, 0) is 48.9 Å². The number of amides is 1. The number of nitrogens with zero attached hydrogens (tertiary/aromatic N) is 3. The van der Waals surface area contributed by atoms with Crippen LogP contribution in [0, 0.1) is 5.92 Å². The van der Waals surface area contributed by atoms with Gasteiger partial charge < -0.3 is 10.2 Å². The van der Waals surface area contributed by atoms with Crippen molar-refractivity contribution in [1.29, 1.82) is 0 Å². The van der Waals surface area contributed by atoms with Crippen LogP contribution in [-0.2, 0) is 5.75 Å². The van der Waals surface area contributed by atoms with Crippen molar-refractivity contribution in [2.75, 3.05) is 18.0 Å². The molecule has 2 aromatic carbocycles. The van der Waals surface area contributed by atoms with Gasteiger partial charge in [0.1, 0.15) is 11.0 Å². The Labute approximate surface area is 205 Å². The van der Waals surface area contributed by atoms with Crippen LogP contribution < -0.4 is 10.2 Å². The quantitative estimate of drug-likeness (QED) is 0.249. The fraction of sp³-hybridized carbons (Fsp3) is 0.346. The number of anilines is 1. The van der Waals surface area contributed by atoms with Crippen LogP contribution in [0.2, 0.25) is 5.15 Å². The fourth-order valence-electron chi connectivity index (χ4n) is 3.85. The summed E-state index contributed by atoms with van der Waals surface area (Å²) in [4.78, 5) is 24.0. The molecule has 1 aliphatic heterocycles.